The van der Waals surface area contributed by atoms with Gasteiger partial charge in [0, 0.05) is 0 Å². The molecule has 0 amide bonds. The van der Waals surface area contributed by atoms with Gasteiger partial charge in [-0.25, -0.2) is 0 Å². The van der Waals surface area contributed by atoms with Crippen LogP contribution >= 0.6 is 10.0 Å². The minimum absolute atomic E-state index is 1.25. The molecular weight excluding hydrogens is 276 g/mol. The Balaban J connectivity index is 4.45. The first-order valence-corrected chi connectivity index (χ1v) is 14.0. The van der Waals surface area contributed by atoms with Crippen molar-refractivity contribution in [2.45, 2.75) is 76.1 Å². The molecule has 0 bridgehead atoms. The van der Waals surface area contributed by atoms with E-state index < -0.39 is 12.3 Å². The molecule has 0 unspecified atom stereocenters. The first-order valence-electron chi connectivity index (χ1n) is 6.77. The van der Waals surface area contributed by atoms with Crippen LogP contribution in [-0.4, -0.2) is 12.3 Å². The van der Waals surface area contributed by atoms with Crippen LogP contribution in [0.15, 0.2) is 11.1 Å². The predicted octanol–water partition coefficient (Wildman–Crippen LogP) is 6.13. The monoisotopic (exact) mass is 306 g/mol. The van der Waals surface area contributed by atoms with Crippen LogP contribution in [0, 0.1) is 0 Å². The van der Waals surface area contributed by atoms with Gasteiger partial charge in [-0.2, -0.15) is 0 Å². The summed E-state index contributed by atoms with van der Waals surface area (Å²) in [6.07, 6.45) is 5.26. The van der Waals surface area contributed by atoms with E-state index in [-0.39, 0.29) is 0 Å². The number of hydrogen-bond donors (Lipinski definition) is 0. The van der Waals surface area contributed by atoms with E-state index >= 15 is 0 Å². The standard InChI is InChI=1S/C14H29ClGe/c1-6-8-10-16(15,11-9-7-2)12-14(5)13(3)4/h6-12H2,1-5H3. The Hall–Kier alpha value is 0.573. The van der Waals surface area contributed by atoms with Crippen molar-refractivity contribution in [1.29, 1.82) is 0 Å². The molecule has 0 rings (SSSR count). The second kappa shape index (κ2) is 8.63. The molecule has 0 heterocycles. The van der Waals surface area contributed by atoms with Crippen LogP contribution in [0.3, 0.4) is 0 Å². The Morgan fingerprint density at radius 3 is 1.69 bits per heavy atom. The topological polar surface area (TPSA) is 0 Å². The van der Waals surface area contributed by atoms with E-state index in [1.807, 2.05) is 0 Å². The molecule has 16 heavy (non-hydrogen) atoms. The molecule has 0 aromatic rings. The summed E-state index contributed by atoms with van der Waals surface area (Å²) in [5.41, 5.74) is 3.03. The van der Waals surface area contributed by atoms with Crippen LogP contribution < -0.4 is 0 Å². The molecule has 0 spiro atoms. The molecule has 0 N–H and O–H groups in total. The summed E-state index contributed by atoms with van der Waals surface area (Å²) in [5.74, 6) is 0. The van der Waals surface area contributed by atoms with E-state index in [2.05, 4.69) is 34.6 Å². The molecule has 0 nitrogen and oxygen atoms in total. The normalized spacial score (nSPS) is 11.6. The van der Waals surface area contributed by atoms with Gasteiger partial charge in [0.15, 0.2) is 0 Å². The number of allylic oxidation sites excluding steroid dienone is 2. The van der Waals surface area contributed by atoms with Crippen LogP contribution in [0.25, 0.3) is 0 Å². The first-order chi connectivity index (χ1) is 7.45. The van der Waals surface area contributed by atoms with Crippen LogP contribution in [-0.2, 0) is 0 Å². The number of halogens is 1. The van der Waals surface area contributed by atoms with Crippen molar-refractivity contribution in [2.24, 2.45) is 0 Å². The fourth-order valence-electron chi connectivity index (χ4n) is 1.94. The third-order valence-electron chi connectivity index (χ3n) is 3.39. The van der Waals surface area contributed by atoms with Gasteiger partial charge in [0.25, 0.3) is 0 Å². The van der Waals surface area contributed by atoms with Gasteiger partial charge >= 0.3 is 110 Å². The molecule has 0 aliphatic rings. The van der Waals surface area contributed by atoms with E-state index in [0.717, 1.165) is 0 Å². The molecule has 0 aromatic carbocycles. The Morgan fingerprint density at radius 2 is 1.38 bits per heavy atom. The fourth-order valence-corrected chi connectivity index (χ4v) is 12.5. The summed E-state index contributed by atoms with van der Waals surface area (Å²) in [7, 11) is 6.99. The van der Waals surface area contributed by atoms with Gasteiger partial charge in [0.1, 0.15) is 0 Å². The number of hydrogen-bond acceptors (Lipinski definition) is 0. The van der Waals surface area contributed by atoms with Gasteiger partial charge in [-0.1, -0.05) is 0 Å². The van der Waals surface area contributed by atoms with Crippen molar-refractivity contribution in [1.82, 2.24) is 0 Å². The first kappa shape index (κ1) is 16.6. The molecule has 0 aromatic heterocycles. The third-order valence-corrected chi connectivity index (χ3v) is 13.7. The molecule has 0 atom stereocenters. The van der Waals surface area contributed by atoms with E-state index in [9.17, 15) is 0 Å². The second-order valence-corrected chi connectivity index (χ2v) is 17.2. The summed E-state index contributed by atoms with van der Waals surface area (Å²) in [5, 5.41) is 3.95. The van der Waals surface area contributed by atoms with Gasteiger partial charge in [-0.15, -0.1) is 0 Å². The van der Waals surface area contributed by atoms with Crippen molar-refractivity contribution in [3.63, 3.8) is 0 Å². The van der Waals surface area contributed by atoms with E-state index in [0.29, 0.717) is 0 Å². The van der Waals surface area contributed by atoms with Crippen molar-refractivity contribution >= 4 is 22.3 Å². The van der Waals surface area contributed by atoms with E-state index in [4.69, 9.17) is 10.0 Å². The third kappa shape index (κ3) is 7.01. The summed E-state index contributed by atoms with van der Waals surface area (Å²) in [6, 6.07) is 0. The van der Waals surface area contributed by atoms with Crippen molar-refractivity contribution in [2.75, 3.05) is 0 Å². The Bertz CT molecular complexity index is 209. The van der Waals surface area contributed by atoms with Crippen molar-refractivity contribution in [3.8, 4) is 0 Å². The van der Waals surface area contributed by atoms with Gasteiger partial charge < -0.3 is 0 Å². The Morgan fingerprint density at radius 1 is 0.938 bits per heavy atom. The zero-order valence-electron chi connectivity index (χ0n) is 11.8. The number of unbranched alkanes of at least 4 members (excludes halogenated alkanes) is 2. The zero-order chi connectivity index (χ0) is 12.6. The van der Waals surface area contributed by atoms with Crippen LogP contribution in [0.1, 0.15) is 60.3 Å². The Labute approximate surface area is 109 Å². The second-order valence-electron chi connectivity index (χ2n) is 5.32. The molecule has 2 heteroatoms. The summed E-state index contributed by atoms with van der Waals surface area (Å²) < 4.78 is 0. The van der Waals surface area contributed by atoms with Crippen LogP contribution in [0.5, 0.6) is 0 Å². The maximum absolute atomic E-state index is 6.99. The van der Waals surface area contributed by atoms with Gasteiger partial charge in [-0.05, 0) is 0 Å². The van der Waals surface area contributed by atoms with Crippen molar-refractivity contribution < 1.29 is 0 Å². The molecule has 0 aliphatic carbocycles. The zero-order valence-corrected chi connectivity index (χ0v) is 14.7. The molecular formula is C14H29ClGe. The van der Waals surface area contributed by atoms with Crippen LogP contribution in [0.4, 0.5) is 0 Å². The molecule has 96 valence electrons. The fraction of sp³-hybridized carbons (Fsp3) is 0.857. The Kier molecular flexibility index (Phi) is 8.94. The molecule has 0 aliphatic heterocycles. The molecule has 0 saturated heterocycles. The predicted molar refractivity (Wildman–Crippen MR) is 79.9 cm³/mol. The van der Waals surface area contributed by atoms with Gasteiger partial charge in [-0.3, -0.25) is 0 Å². The van der Waals surface area contributed by atoms with E-state index in [1.54, 1.807) is 5.57 Å². The average molecular weight is 305 g/mol. The van der Waals surface area contributed by atoms with Gasteiger partial charge in [0.2, 0.25) is 0 Å². The van der Waals surface area contributed by atoms with Crippen LogP contribution in [0.2, 0.25) is 15.8 Å². The molecule has 0 saturated carbocycles. The summed E-state index contributed by atoms with van der Waals surface area (Å²) in [4.78, 5) is 0. The van der Waals surface area contributed by atoms with E-state index in [1.165, 1.54) is 47.0 Å². The number of rotatable bonds is 8. The maximum atomic E-state index is 6.99. The minimum atomic E-state index is -2.04. The van der Waals surface area contributed by atoms with Gasteiger partial charge in [0.05, 0.1) is 0 Å². The summed E-state index contributed by atoms with van der Waals surface area (Å²) >= 11 is -2.04. The van der Waals surface area contributed by atoms with Crippen molar-refractivity contribution in [3.05, 3.63) is 11.1 Å². The average Bonchev–Trinajstić information content (AvgIpc) is 2.23. The quantitative estimate of drug-likeness (QED) is 0.374. The summed E-state index contributed by atoms with van der Waals surface area (Å²) in [6.45, 7) is 11.2. The molecule has 0 radical (unpaired) electrons. The SMILES string of the molecule is CCC[CH2][Ge]([Cl])([CH2]CCC)[CH2]C(C)=C(C)C. The molecule has 0 fully saturated rings.